The fraction of sp³-hybridized carbons (Fsp3) is 0.375. The average Bonchev–Trinajstić information content (AvgIpc) is 3.20. The first-order valence-corrected chi connectivity index (χ1v) is 12.4. The highest BCUT2D eigenvalue weighted by Crippen LogP contribution is 2.34. The molecular weight excluding hydrogens is 472 g/mol. The van der Waals surface area contributed by atoms with Crippen molar-refractivity contribution in [2.24, 2.45) is 0 Å². The maximum Gasteiger partial charge on any atom is 0.325 e. The Morgan fingerprint density at radius 2 is 1.97 bits per heavy atom. The number of hydrogen-bond acceptors (Lipinski definition) is 8. The molecule has 0 unspecified atom stereocenters. The molecule has 0 aromatic heterocycles. The van der Waals surface area contributed by atoms with Crippen LogP contribution in [0.4, 0.5) is 0 Å². The van der Waals surface area contributed by atoms with Crippen molar-refractivity contribution in [1.29, 1.82) is 5.26 Å². The van der Waals surface area contributed by atoms with Crippen molar-refractivity contribution in [3.63, 3.8) is 0 Å². The zero-order chi connectivity index (χ0) is 25.6. The van der Waals surface area contributed by atoms with Crippen LogP contribution >= 0.6 is 0 Å². The number of sulfonamides is 1. The lowest BCUT2D eigenvalue weighted by molar-refractivity contribution is -0.152. The van der Waals surface area contributed by atoms with Gasteiger partial charge in [-0.2, -0.15) is 15.0 Å². The number of ether oxygens (including phenoxy) is 1. The van der Waals surface area contributed by atoms with Crippen molar-refractivity contribution in [3.8, 4) is 6.07 Å². The van der Waals surface area contributed by atoms with E-state index < -0.39 is 34.0 Å². The number of amides is 1. The summed E-state index contributed by atoms with van der Waals surface area (Å²) < 4.78 is 32.4. The molecule has 186 valence electrons. The first-order valence-electron chi connectivity index (χ1n) is 11.0. The lowest BCUT2D eigenvalue weighted by atomic mass is 9.99. The van der Waals surface area contributed by atoms with E-state index in [4.69, 9.17) is 14.8 Å². The third-order valence-corrected chi connectivity index (χ3v) is 7.13. The van der Waals surface area contributed by atoms with Crippen LogP contribution in [0, 0.1) is 18.3 Å². The Morgan fingerprint density at radius 3 is 2.60 bits per heavy atom. The van der Waals surface area contributed by atoms with E-state index in [2.05, 4.69) is 16.1 Å². The van der Waals surface area contributed by atoms with Gasteiger partial charge in [0.15, 0.2) is 0 Å². The topological polar surface area (TPSA) is 138 Å². The predicted octanol–water partition coefficient (Wildman–Crippen LogP) is 1.57. The van der Waals surface area contributed by atoms with Crippen molar-refractivity contribution in [3.05, 3.63) is 65.2 Å². The van der Waals surface area contributed by atoms with Gasteiger partial charge in [-0.1, -0.05) is 24.3 Å². The Balaban J connectivity index is 1.58. The van der Waals surface area contributed by atoms with Crippen LogP contribution < -0.4 is 10.0 Å². The Morgan fingerprint density at radius 1 is 1.26 bits per heavy atom. The number of carbonyl (C=O) groups excluding carboxylic acids is 2. The molecule has 1 saturated heterocycles. The second kappa shape index (κ2) is 11.4. The second-order valence-corrected chi connectivity index (χ2v) is 9.99. The van der Waals surface area contributed by atoms with E-state index in [1.165, 1.54) is 12.1 Å². The molecule has 1 aliphatic rings. The highest BCUT2D eigenvalue weighted by Gasteiger charge is 2.34. The molecule has 3 atom stereocenters. The quantitative estimate of drug-likeness (QED) is 0.495. The monoisotopic (exact) mass is 500 g/mol. The number of rotatable bonds is 9. The summed E-state index contributed by atoms with van der Waals surface area (Å²) in [5.41, 5.74) is 2.27. The zero-order valence-corrected chi connectivity index (χ0v) is 20.5. The van der Waals surface area contributed by atoms with Crippen molar-refractivity contribution < 1.29 is 27.6 Å². The Labute approximate surface area is 204 Å². The number of nitrogens with zero attached hydrogens (tertiary/aromatic N) is 2. The number of methoxy groups -OCH3 is 1. The molecule has 0 bridgehead atoms. The molecule has 1 fully saturated rings. The third-order valence-electron chi connectivity index (χ3n) is 5.66. The number of esters is 1. The zero-order valence-electron chi connectivity index (χ0n) is 19.7. The molecule has 0 spiro atoms. The first kappa shape index (κ1) is 26.3. The van der Waals surface area contributed by atoms with Gasteiger partial charge in [0.2, 0.25) is 15.9 Å². The van der Waals surface area contributed by atoms with E-state index in [1.807, 2.05) is 12.1 Å². The van der Waals surface area contributed by atoms with Gasteiger partial charge in [-0.25, -0.2) is 8.42 Å². The maximum absolute atomic E-state index is 12.7. The van der Waals surface area contributed by atoms with Gasteiger partial charge in [0.05, 0.1) is 42.2 Å². The molecule has 35 heavy (non-hydrogen) atoms. The van der Waals surface area contributed by atoms with Gasteiger partial charge in [0.1, 0.15) is 6.04 Å². The number of nitrogens with one attached hydrogen (secondary N) is 2. The molecule has 3 rings (SSSR count). The largest absolute Gasteiger partial charge is 0.468 e. The number of hydroxylamine groups is 2. The van der Waals surface area contributed by atoms with Gasteiger partial charge in [0, 0.05) is 13.6 Å². The minimum Gasteiger partial charge on any atom is -0.468 e. The van der Waals surface area contributed by atoms with E-state index in [-0.39, 0.29) is 23.9 Å². The Hall–Kier alpha value is -3.30. The Bertz CT molecular complexity index is 1210. The lowest BCUT2D eigenvalue weighted by Gasteiger charge is -2.18. The summed E-state index contributed by atoms with van der Waals surface area (Å²) >= 11 is 0. The van der Waals surface area contributed by atoms with Gasteiger partial charge in [-0.05, 0) is 48.7 Å². The van der Waals surface area contributed by atoms with Crippen LogP contribution in [0.5, 0.6) is 0 Å². The van der Waals surface area contributed by atoms with Gasteiger partial charge >= 0.3 is 5.97 Å². The van der Waals surface area contributed by atoms with Crippen molar-refractivity contribution in [2.75, 3.05) is 20.7 Å². The molecular formula is C24H28N4O6S. The van der Waals surface area contributed by atoms with Crippen LogP contribution in [0.2, 0.25) is 0 Å². The van der Waals surface area contributed by atoms with Crippen molar-refractivity contribution in [2.45, 2.75) is 42.8 Å². The van der Waals surface area contributed by atoms with Gasteiger partial charge in [0.25, 0.3) is 0 Å². The van der Waals surface area contributed by atoms with Crippen LogP contribution in [0.15, 0.2) is 53.4 Å². The fourth-order valence-electron chi connectivity index (χ4n) is 3.84. The molecule has 0 aliphatic carbocycles. The number of hydrogen-bond donors (Lipinski definition) is 2. The van der Waals surface area contributed by atoms with E-state index in [9.17, 15) is 18.0 Å². The summed E-state index contributed by atoms with van der Waals surface area (Å²) in [6.07, 6.45) is 0.174. The van der Waals surface area contributed by atoms with Crippen LogP contribution in [-0.4, -0.2) is 58.2 Å². The molecule has 2 aromatic rings. The second-order valence-electron chi connectivity index (χ2n) is 8.28. The predicted molar refractivity (Wildman–Crippen MR) is 126 cm³/mol. The lowest BCUT2D eigenvalue weighted by Crippen LogP contribution is -2.49. The molecule has 1 amide bonds. The Kier molecular flexibility index (Phi) is 8.58. The minimum absolute atomic E-state index is 0.00830. The molecule has 11 heteroatoms. The molecule has 1 heterocycles. The molecule has 2 aromatic carbocycles. The van der Waals surface area contributed by atoms with Gasteiger partial charge in [-0.15, -0.1) is 0 Å². The number of nitriles is 1. The van der Waals surface area contributed by atoms with Gasteiger partial charge in [-0.3, -0.25) is 14.4 Å². The SMILES string of the molecule is COC(=O)[C@H](CNC(=O)C[C@@H]1C[C@H](c2ccc(C#N)cc2)N(C)O1)NS(=O)(=O)c1cccc(C)c1. The molecule has 10 nitrogen and oxygen atoms in total. The third kappa shape index (κ3) is 6.86. The summed E-state index contributed by atoms with van der Waals surface area (Å²) in [5.74, 6) is -1.22. The van der Waals surface area contributed by atoms with Gasteiger partial charge < -0.3 is 10.1 Å². The highest BCUT2D eigenvalue weighted by molar-refractivity contribution is 7.89. The van der Waals surface area contributed by atoms with Crippen LogP contribution in [0.3, 0.4) is 0 Å². The standard InChI is InChI=1S/C24H28N4O6S/c1-16-5-4-6-20(11-16)35(31,32)27-21(24(30)33-3)15-26-23(29)13-19-12-22(28(2)34-19)18-9-7-17(14-25)8-10-18/h4-11,19,21-22,27H,12-13,15H2,1-3H3,(H,26,29)/t19-,21-,22+/m0/s1. The molecule has 2 N–H and O–H groups in total. The summed E-state index contributed by atoms with van der Waals surface area (Å²) in [6, 6.07) is 14.1. The summed E-state index contributed by atoms with van der Waals surface area (Å²) in [5, 5.41) is 13.2. The summed E-state index contributed by atoms with van der Waals surface area (Å²) in [7, 11) is -1.10. The van der Waals surface area contributed by atoms with E-state index >= 15 is 0 Å². The minimum atomic E-state index is -4.01. The van der Waals surface area contributed by atoms with Crippen LogP contribution in [-0.2, 0) is 29.2 Å². The maximum atomic E-state index is 12.7. The highest BCUT2D eigenvalue weighted by atomic mass is 32.2. The molecule has 0 saturated carbocycles. The number of aryl methyl sites for hydroxylation is 1. The number of benzene rings is 2. The summed E-state index contributed by atoms with van der Waals surface area (Å²) in [4.78, 5) is 30.5. The number of carbonyl (C=O) groups is 2. The van der Waals surface area contributed by atoms with E-state index in [0.717, 1.165) is 18.2 Å². The van der Waals surface area contributed by atoms with Crippen molar-refractivity contribution in [1.82, 2.24) is 15.1 Å². The van der Waals surface area contributed by atoms with Crippen LogP contribution in [0.1, 0.15) is 35.6 Å². The molecule has 0 radical (unpaired) electrons. The first-order chi connectivity index (χ1) is 16.6. The van der Waals surface area contributed by atoms with E-state index in [0.29, 0.717) is 12.0 Å². The normalized spacial score (nSPS) is 19.0. The van der Waals surface area contributed by atoms with Crippen molar-refractivity contribution >= 4 is 21.9 Å². The van der Waals surface area contributed by atoms with E-state index in [1.54, 1.807) is 43.3 Å². The fourth-order valence-corrected chi connectivity index (χ4v) is 5.13. The summed E-state index contributed by atoms with van der Waals surface area (Å²) in [6.45, 7) is 1.48. The average molecular weight is 501 g/mol. The molecule has 1 aliphatic heterocycles. The van der Waals surface area contributed by atoms with Crippen LogP contribution in [0.25, 0.3) is 0 Å². The smallest absolute Gasteiger partial charge is 0.325 e.